The summed E-state index contributed by atoms with van der Waals surface area (Å²) in [6, 6.07) is 12.9. The Kier molecular flexibility index (Phi) is 5.30. The molecule has 0 aromatic heterocycles. The minimum atomic E-state index is -0.342. The molecule has 0 radical (unpaired) electrons. The molecule has 1 aliphatic heterocycles. The molecule has 3 N–H and O–H groups in total. The number of rotatable bonds is 3. The molecule has 1 aliphatic rings. The van der Waals surface area contributed by atoms with Gasteiger partial charge < -0.3 is 16.0 Å². The number of aryl methyl sites for hydroxylation is 1. The summed E-state index contributed by atoms with van der Waals surface area (Å²) in [4.78, 5) is 13.1. The molecule has 4 nitrogen and oxygen atoms in total. The Balaban J connectivity index is 1.96. The van der Waals surface area contributed by atoms with E-state index in [1.807, 2.05) is 51.1 Å². The largest absolute Gasteiger partial charge is 0.351 e. The van der Waals surface area contributed by atoms with Crippen LogP contribution in [0.25, 0.3) is 0 Å². The van der Waals surface area contributed by atoms with E-state index < -0.39 is 0 Å². The first-order valence-corrected chi connectivity index (χ1v) is 9.06. The Bertz CT molecular complexity index is 906. The fourth-order valence-corrected chi connectivity index (χ4v) is 3.37. The molecule has 0 spiro atoms. The third-order valence-corrected chi connectivity index (χ3v) is 5.04. The van der Waals surface area contributed by atoms with Gasteiger partial charge in [0, 0.05) is 16.4 Å². The van der Waals surface area contributed by atoms with Gasteiger partial charge in [0.2, 0.25) is 0 Å². The predicted molar refractivity (Wildman–Crippen MR) is 110 cm³/mol. The maximum absolute atomic E-state index is 13.1. The molecule has 0 saturated carbocycles. The van der Waals surface area contributed by atoms with Crippen molar-refractivity contribution in [2.24, 2.45) is 0 Å². The van der Waals surface area contributed by atoms with Crippen LogP contribution in [0.3, 0.4) is 0 Å². The quantitative estimate of drug-likeness (QED) is 0.686. The van der Waals surface area contributed by atoms with Crippen LogP contribution in [0.1, 0.15) is 29.7 Å². The van der Waals surface area contributed by atoms with Crippen LogP contribution in [0.15, 0.2) is 53.7 Å². The highest BCUT2D eigenvalue weighted by Crippen LogP contribution is 2.29. The number of anilines is 1. The molecule has 3 rings (SSSR count). The second-order valence-corrected chi connectivity index (χ2v) is 7.17. The maximum Gasteiger partial charge on any atom is 0.255 e. The Labute approximate surface area is 163 Å². The lowest BCUT2D eigenvalue weighted by Gasteiger charge is -2.30. The third kappa shape index (κ3) is 3.74. The van der Waals surface area contributed by atoms with E-state index in [-0.39, 0.29) is 11.9 Å². The second-order valence-electron chi connectivity index (χ2n) is 6.32. The molecule has 0 saturated heterocycles. The normalized spacial score (nSPS) is 16.8. The number of thiocarbonyl (C=S) groups is 1. The van der Waals surface area contributed by atoms with E-state index in [1.54, 1.807) is 12.1 Å². The van der Waals surface area contributed by atoms with Gasteiger partial charge in [-0.1, -0.05) is 35.9 Å². The van der Waals surface area contributed by atoms with E-state index in [4.69, 9.17) is 23.8 Å². The highest BCUT2D eigenvalue weighted by Gasteiger charge is 2.30. The van der Waals surface area contributed by atoms with Gasteiger partial charge in [-0.05, 0) is 67.9 Å². The van der Waals surface area contributed by atoms with Crippen molar-refractivity contribution in [3.63, 3.8) is 0 Å². The first-order valence-electron chi connectivity index (χ1n) is 8.28. The van der Waals surface area contributed by atoms with Gasteiger partial charge in [-0.25, -0.2) is 0 Å². The molecule has 1 heterocycles. The van der Waals surface area contributed by atoms with Crippen molar-refractivity contribution in [2.45, 2.75) is 26.8 Å². The van der Waals surface area contributed by atoms with Gasteiger partial charge in [-0.3, -0.25) is 4.79 Å². The van der Waals surface area contributed by atoms with Crippen molar-refractivity contribution < 1.29 is 4.79 Å². The van der Waals surface area contributed by atoms with Crippen LogP contribution in [-0.2, 0) is 4.79 Å². The maximum atomic E-state index is 13.1. The van der Waals surface area contributed by atoms with Gasteiger partial charge in [0.15, 0.2) is 5.11 Å². The first kappa shape index (κ1) is 18.4. The predicted octanol–water partition coefficient (Wildman–Crippen LogP) is 4.39. The summed E-state index contributed by atoms with van der Waals surface area (Å²) < 4.78 is 0. The molecule has 0 aliphatic carbocycles. The third-order valence-electron chi connectivity index (χ3n) is 4.57. The zero-order valence-corrected chi connectivity index (χ0v) is 16.4. The number of nitrogens with one attached hydrogen (secondary N) is 3. The average Bonchev–Trinajstić information content (AvgIpc) is 2.59. The minimum absolute atomic E-state index is 0.168. The van der Waals surface area contributed by atoms with Crippen LogP contribution in [0.4, 0.5) is 5.69 Å². The van der Waals surface area contributed by atoms with Gasteiger partial charge in [0.1, 0.15) is 0 Å². The van der Waals surface area contributed by atoms with Crippen molar-refractivity contribution in [1.29, 1.82) is 0 Å². The van der Waals surface area contributed by atoms with Gasteiger partial charge in [0.25, 0.3) is 5.91 Å². The number of allylic oxidation sites excluding steroid dienone is 1. The molecule has 0 unspecified atom stereocenters. The summed E-state index contributed by atoms with van der Waals surface area (Å²) in [7, 11) is 0. The molecule has 134 valence electrons. The fraction of sp³-hybridized carbons (Fsp3) is 0.200. The van der Waals surface area contributed by atoms with E-state index in [0.717, 1.165) is 28.1 Å². The Hall–Kier alpha value is -2.37. The van der Waals surface area contributed by atoms with E-state index in [2.05, 4.69) is 16.0 Å². The first-order chi connectivity index (χ1) is 12.4. The number of halogens is 1. The van der Waals surface area contributed by atoms with Crippen molar-refractivity contribution in [3.05, 3.63) is 75.4 Å². The van der Waals surface area contributed by atoms with Crippen LogP contribution in [0.2, 0.25) is 5.02 Å². The van der Waals surface area contributed by atoms with E-state index in [1.165, 1.54) is 0 Å². The molecule has 2 aromatic carbocycles. The molecule has 2 aromatic rings. The van der Waals surface area contributed by atoms with Crippen molar-refractivity contribution >= 4 is 40.5 Å². The lowest BCUT2D eigenvalue weighted by atomic mass is 9.94. The number of hydrogen-bond donors (Lipinski definition) is 3. The lowest BCUT2D eigenvalue weighted by molar-refractivity contribution is -0.113. The number of carbonyl (C=O) groups is 1. The number of amides is 1. The minimum Gasteiger partial charge on any atom is -0.351 e. The lowest BCUT2D eigenvalue weighted by Crippen LogP contribution is -2.45. The van der Waals surface area contributed by atoms with Crippen molar-refractivity contribution in [3.8, 4) is 0 Å². The van der Waals surface area contributed by atoms with Gasteiger partial charge in [-0.2, -0.15) is 0 Å². The summed E-state index contributed by atoms with van der Waals surface area (Å²) in [5.74, 6) is -0.168. The second kappa shape index (κ2) is 7.48. The fourth-order valence-electron chi connectivity index (χ4n) is 2.98. The van der Waals surface area contributed by atoms with E-state index in [0.29, 0.717) is 15.7 Å². The summed E-state index contributed by atoms with van der Waals surface area (Å²) in [5.41, 5.74) is 5.23. The molecule has 26 heavy (non-hydrogen) atoms. The van der Waals surface area contributed by atoms with Gasteiger partial charge in [0.05, 0.1) is 11.6 Å². The summed E-state index contributed by atoms with van der Waals surface area (Å²) in [5, 5.41) is 10.4. The monoisotopic (exact) mass is 385 g/mol. The summed E-state index contributed by atoms with van der Waals surface area (Å²) in [6.45, 7) is 5.87. The van der Waals surface area contributed by atoms with E-state index in [9.17, 15) is 4.79 Å². The zero-order valence-electron chi connectivity index (χ0n) is 14.8. The Morgan fingerprint density at radius 3 is 2.50 bits per heavy atom. The SMILES string of the molecule is CC1=C(C(=O)Nc2cccc(C)c2C)[C@@H](c2ccc(Cl)cc2)NC(=S)N1. The van der Waals surface area contributed by atoms with Crippen LogP contribution >= 0.6 is 23.8 Å². The molecular formula is C20H20ClN3OS. The van der Waals surface area contributed by atoms with Gasteiger partial charge >= 0.3 is 0 Å². The molecule has 6 heteroatoms. The van der Waals surface area contributed by atoms with Crippen LogP contribution < -0.4 is 16.0 Å². The highest BCUT2D eigenvalue weighted by atomic mass is 35.5. The van der Waals surface area contributed by atoms with Crippen LogP contribution in [0, 0.1) is 13.8 Å². The van der Waals surface area contributed by atoms with Crippen molar-refractivity contribution in [2.75, 3.05) is 5.32 Å². The number of carbonyl (C=O) groups excluding carboxylic acids is 1. The summed E-state index contributed by atoms with van der Waals surface area (Å²) >= 11 is 11.3. The zero-order chi connectivity index (χ0) is 18.8. The Morgan fingerprint density at radius 1 is 1.12 bits per heavy atom. The van der Waals surface area contributed by atoms with Crippen LogP contribution in [-0.4, -0.2) is 11.0 Å². The van der Waals surface area contributed by atoms with Crippen LogP contribution in [0.5, 0.6) is 0 Å². The Morgan fingerprint density at radius 2 is 1.81 bits per heavy atom. The number of benzene rings is 2. The van der Waals surface area contributed by atoms with Crippen molar-refractivity contribution in [1.82, 2.24) is 10.6 Å². The average molecular weight is 386 g/mol. The number of hydrogen-bond acceptors (Lipinski definition) is 2. The van der Waals surface area contributed by atoms with Gasteiger partial charge in [-0.15, -0.1) is 0 Å². The van der Waals surface area contributed by atoms with E-state index >= 15 is 0 Å². The molecule has 1 amide bonds. The molecular weight excluding hydrogens is 366 g/mol. The standard InChI is InChI=1S/C20H20ClN3OS/c1-11-5-4-6-16(12(11)2)23-19(25)17-13(3)22-20(26)24-18(17)14-7-9-15(21)10-8-14/h4-10,18H,1-3H3,(H,23,25)(H2,22,24,26)/t18-/m1/s1. The molecule has 0 fully saturated rings. The topological polar surface area (TPSA) is 53.2 Å². The highest BCUT2D eigenvalue weighted by molar-refractivity contribution is 7.80. The molecule has 0 bridgehead atoms. The smallest absolute Gasteiger partial charge is 0.255 e. The summed E-state index contributed by atoms with van der Waals surface area (Å²) in [6.07, 6.45) is 0. The molecule has 1 atom stereocenters.